The Labute approximate surface area is 123 Å². The molecule has 1 aliphatic carbocycles. The zero-order valence-electron chi connectivity index (χ0n) is 10.9. The number of carbonyl (C=O) groups is 1. The second kappa shape index (κ2) is 5.04. The summed E-state index contributed by atoms with van der Waals surface area (Å²) in [5.74, 6) is 0.0804. The first-order chi connectivity index (χ1) is 9.59. The van der Waals surface area contributed by atoms with Gasteiger partial charge in [0, 0.05) is 22.9 Å². The highest BCUT2D eigenvalue weighted by Gasteiger charge is 2.54. The molecule has 3 heteroatoms. The standard InChI is InChI=1S/C17H15ClO2/c18-15-8-6-13(7-9-15)17(20)11-14(17)10-16(19)12-4-2-1-3-5-12/h1-9,14,20H,10-11H2. The molecule has 0 spiro atoms. The van der Waals surface area contributed by atoms with Gasteiger partial charge in [-0.15, -0.1) is 0 Å². The molecule has 2 atom stereocenters. The summed E-state index contributed by atoms with van der Waals surface area (Å²) in [6.45, 7) is 0. The second-order valence-electron chi connectivity index (χ2n) is 5.33. The molecule has 102 valence electrons. The predicted octanol–water partition coefficient (Wildman–Crippen LogP) is 3.82. The Balaban J connectivity index is 1.70. The van der Waals surface area contributed by atoms with Crippen LogP contribution in [0.3, 0.4) is 0 Å². The van der Waals surface area contributed by atoms with Crippen LogP contribution in [0.1, 0.15) is 28.8 Å². The third-order valence-electron chi connectivity index (χ3n) is 3.94. The number of Topliss-reactive ketones (excluding diaryl/α,β-unsaturated/α-hetero) is 1. The van der Waals surface area contributed by atoms with Crippen LogP contribution in [0.4, 0.5) is 0 Å². The van der Waals surface area contributed by atoms with E-state index in [1.54, 1.807) is 12.1 Å². The Hall–Kier alpha value is -1.64. The highest BCUT2D eigenvalue weighted by atomic mass is 35.5. The largest absolute Gasteiger partial charge is 0.385 e. The molecular weight excluding hydrogens is 272 g/mol. The summed E-state index contributed by atoms with van der Waals surface area (Å²) in [5.41, 5.74) is 0.681. The van der Waals surface area contributed by atoms with Crippen LogP contribution in [-0.4, -0.2) is 10.9 Å². The van der Waals surface area contributed by atoms with Gasteiger partial charge in [0.15, 0.2) is 5.78 Å². The molecule has 2 aromatic rings. The summed E-state index contributed by atoms with van der Waals surface area (Å²) in [7, 11) is 0. The van der Waals surface area contributed by atoms with Crippen molar-refractivity contribution in [2.24, 2.45) is 5.92 Å². The lowest BCUT2D eigenvalue weighted by molar-refractivity contribution is 0.0921. The highest BCUT2D eigenvalue weighted by molar-refractivity contribution is 6.30. The van der Waals surface area contributed by atoms with E-state index in [1.807, 2.05) is 42.5 Å². The van der Waals surface area contributed by atoms with E-state index in [9.17, 15) is 9.90 Å². The van der Waals surface area contributed by atoms with Crippen LogP contribution in [0.25, 0.3) is 0 Å². The fourth-order valence-electron chi connectivity index (χ4n) is 2.62. The van der Waals surface area contributed by atoms with Crippen molar-refractivity contribution in [1.82, 2.24) is 0 Å². The summed E-state index contributed by atoms with van der Waals surface area (Å²) in [6, 6.07) is 16.4. The molecule has 0 saturated heterocycles. The average molecular weight is 287 g/mol. The summed E-state index contributed by atoms with van der Waals surface area (Å²) in [6.07, 6.45) is 1.01. The van der Waals surface area contributed by atoms with Crippen molar-refractivity contribution in [2.45, 2.75) is 18.4 Å². The summed E-state index contributed by atoms with van der Waals surface area (Å²) in [5, 5.41) is 11.2. The molecule has 1 saturated carbocycles. The van der Waals surface area contributed by atoms with Crippen LogP contribution < -0.4 is 0 Å². The van der Waals surface area contributed by atoms with Crippen LogP contribution in [0.15, 0.2) is 54.6 Å². The van der Waals surface area contributed by atoms with E-state index < -0.39 is 5.60 Å². The molecule has 0 aliphatic heterocycles. The molecule has 2 unspecified atom stereocenters. The van der Waals surface area contributed by atoms with E-state index in [0.29, 0.717) is 23.4 Å². The van der Waals surface area contributed by atoms with Gasteiger partial charge in [-0.1, -0.05) is 54.1 Å². The van der Waals surface area contributed by atoms with Crippen LogP contribution in [0.2, 0.25) is 5.02 Å². The molecule has 0 radical (unpaired) electrons. The van der Waals surface area contributed by atoms with Crippen molar-refractivity contribution >= 4 is 17.4 Å². The average Bonchev–Trinajstić information content (AvgIpc) is 3.12. The second-order valence-corrected chi connectivity index (χ2v) is 5.76. The topological polar surface area (TPSA) is 37.3 Å². The van der Waals surface area contributed by atoms with Crippen LogP contribution >= 0.6 is 11.6 Å². The summed E-state index contributed by atoms with van der Waals surface area (Å²) < 4.78 is 0. The van der Waals surface area contributed by atoms with E-state index in [0.717, 1.165) is 5.56 Å². The first-order valence-electron chi connectivity index (χ1n) is 6.66. The first-order valence-corrected chi connectivity index (χ1v) is 7.04. The molecule has 0 amide bonds. The third kappa shape index (κ3) is 2.49. The third-order valence-corrected chi connectivity index (χ3v) is 4.20. The quantitative estimate of drug-likeness (QED) is 0.868. The maximum atomic E-state index is 12.1. The fraction of sp³-hybridized carbons (Fsp3) is 0.235. The molecule has 2 nitrogen and oxygen atoms in total. The molecule has 1 fully saturated rings. The number of benzene rings is 2. The van der Waals surface area contributed by atoms with Gasteiger partial charge in [-0.25, -0.2) is 0 Å². The van der Waals surface area contributed by atoms with Gasteiger partial charge in [0.25, 0.3) is 0 Å². The van der Waals surface area contributed by atoms with Gasteiger partial charge in [0.1, 0.15) is 0 Å². The minimum atomic E-state index is -0.866. The van der Waals surface area contributed by atoms with Gasteiger partial charge in [0.2, 0.25) is 0 Å². The zero-order chi connectivity index (χ0) is 14.2. The number of ketones is 1. The van der Waals surface area contributed by atoms with E-state index in [4.69, 9.17) is 11.6 Å². The molecular formula is C17H15ClO2. The molecule has 20 heavy (non-hydrogen) atoms. The maximum absolute atomic E-state index is 12.1. The smallest absolute Gasteiger partial charge is 0.163 e. The predicted molar refractivity (Wildman–Crippen MR) is 78.8 cm³/mol. The van der Waals surface area contributed by atoms with Crippen molar-refractivity contribution in [3.05, 3.63) is 70.7 Å². The minimum absolute atomic E-state index is 0.00335. The lowest BCUT2D eigenvalue weighted by Crippen LogP contribution is -2.11. The van der Waals surface area contributed by atoms with E-state index >= 15 is 0 Å². The number of hydrogen-bond donors (Lipinski definition) is 1. The van der Waals surface area contributed by atoms with Gasteiger partial charge in [-0.2, -0.15) is 0 Å². The normalized spacial score (nSPS) is 24.4. The molecule has 3 rings (SSSR count). The molecule has 1 N–H and O–H groups in total. The Bertz CT molecular complexity index is 621. The Morgan fingerprint density at radius 2 is 1.80 bits per heavy atom. The van der Waals surface area contributed by atoms with Crippen LogP contribution in [0.5, 0.6) is 0 Å². The number of hydrogen-bond acceptors (Lipinski definition) is 2. The van der Waals surface area contributed by atoms with E-state index in [1.165, 1.54) is 0 Å². The molecule has 0 bridgehead atoms. The number of halogens is 1. The molecule has 0 heterocycles. The van der Waals surface area contributed by atoms with Crippen molar-refractivity contribution in [3.8, 4) is 0 Å². The van der Waals surface area contributed by atoms with E-state index in [2.05, 4.69) is 0 Å². The molecule has 2 aromatic carbocycles. The Morgan fingerprint density at radius 3 is 2.45 bits per heavy atom. The number of aliphatic hydroxyl groups is 1. The number of rotatable bonds is 4. The summed E-state index contributed by atoms with van der Waals surface area (Å²) >= 11 is 5.85. The Kier molecular flexibility index (Phi) is 3.36. The van der Waals surface area contributed by atoms with Gasteiger partial charge in [-0.05, 0) is 24.1 Å². The fourth-order valence-corrected chi connectivity index (χ4v) is 2.74. The molecule has 0 aromatic heterocycles. The van der Waals surface area contributed by atoms with E-state index in [-0.39, 0.29) is 11.7 Å². The van der Waals surface area contributed by atoms with Crippen LogP contribution in [0, 0.1) is 5.92 Å². The first kappa shape index (κ1) is 13.3. The minimum Gasteiger partial charge on any atom is -0.385 e. The van der Waals surface area contributed by atoms with Crippen molar-refractivity contribution in [1.29, 1.82) is 0 Å². The monoisotopic (exact) mass is 286 g/mol. The highest BCUT2D eigenvalue weighted by Crippen LogP contribution is 2.54. The van der Waals surface area contributed by atoms with Gasteiger partial charge < -0.3 is 5.11 Å². The van der Waals surface area contributed by atoms with Crippen LogP contribution in [-0.2, 0) is 5.60 Å². The lowest BCUT2D eigenvalue weighted by Gasteiger charge is -2.11. The number of carbonyl (C=O) groups excluding carboxylic acids is 1. The lowest BCUT2D eigenvalue weighted by atomic mass is 10.0. The summed E-state index contributed by atoms with van der Waals surface area (Å²) in [4.78, 5) is 12.1. The van der Waals surface area contributed by atoms with Gasteiger partial charge in [-0.3, -0.25) is 4.79 Å². The zero-order valence-corrected chi connectivity index (χ0v) is 11.7. The Morgan fingerprint density at radius 1 is 1.15 bits per heavy atom. The van der Waals surface area contributed by atoms with Crippen molar-refractivity contribution < 1.29 is 9.90 Å². The van der Waals surface area contributed by atoms with Gasteiger partial charge >= 0.3 is 0 Å². The molecule has 1 aliphatic rings. The van der Waals surface area contributed by atoms with Crippen molar-refractivity contribution in [2.75, 3.05) is 0 Å². The maximum Gasteiger partial charge on any atom is 0.163 e. The SMILES string of the molecule is O=C(CC1CC1(O)c1ccc(Cl)cc1)c1ccccc1. The van der Waals surface area contributed by atoms with Crippen molar-refractivity contribution in [3.63, 3.8) is 0 Å². The van der Waals surface area contributed by atoms with Gasteiger partial charge in [0.05, 0.1) is 5.60 Å².